The molecule has 9 N–H and O–H groups in total. The summed E-state index contributed by atoms with van der Waals surface area (Å²) >= 11 is 0. The van der Waals surface area contributed by atoms with Gasteiger partial charge in [-0.15, -0.1) is 0 Å². The third-order valence-corrected chi connectivity index (χ3v) is 4.65. The van der Waals surface area contributed by atoms with Crippen molar-refractivity contribution in [2.45, 2.75) is 0 Å². The van der Waals surface area contributed by atoms with Crippen LogP contribution >= 0.6 is 0 Å². The third kappa shape index (κ3) is 18.8. The first kappa shape index (κ1) is 37.8. The van der Waals surface area contributed by atoms with Crippen LogP contribution in [0.3, 0.4) is 0 Å². The molecule has 0 aromatic rings. The van der Waals surface area contributed by atoms with Crippen LogP contribution in [0, 0.1) is 0 Å². The van der Waals surface area contributed by atoms with E-state index in [2.05, 4.69) is 0 Å². The van der Waals surface area contributed by atoms with E-state index in [0.717, 1.165) is 9.80 Å². The van der Waals surface area contributed by atoms with Crippen LogP contribution < -0.4 is 6.15 Å². The van der Waals surface area contributed by atoms with Gasteiger partial charge in [0, 0.05) is 13.1 Å². The molecule has 20 heteroatoms. The lowest BCUT2D eigenvalue weighted by Crippen LogP contribution is -2.58. The molecular weight excluding hydrogens is 552 g/mol. The largest absolute Gasteiger partial charge is 0.480 e. The number of esters is 2. The van der Waals surface area contributed by atoms with Crippen molar-refractivity contribution in [1.82, 2.24) is 16.0 Å². The molecule has 20 nitrogen and oxygen atoms in total. The minimum absolute atomic E-state index is 0. The number of carboxylic acids is 6. The molecule has 0 amide bonds. The van der Waals surface area contributed by atoms with E-state index in [0.29, 0.717) is 0 Å². The Morgan fingerprint density at radius 1 is 0.575 bits per heavy atom. The number of carbonyl (C=O) groups is 8. The van der Waals surface area contributed by atoms with Crippen molar-refractivity contribution in [1.29, 1.82) is 0 Å². The van der Waals surface area contributed by atoms with E-state index >= 15 is 0 Å². The highest BCUT2D eigenvalue weighted by atomic mass is 16.6. The number of quaternary nitrogens is 1. The zero-order valence-corrected chi connectivity index (χ0v) is 21.3. The molecule has 40 heavy (non-hydrogen) atoms. The highest BCUT2D eigenvalue weighted by molar-refractivity contribution is 5.77. The highest BCUT2D eigenvalue weighted by Crippen LogP contribution is 2.10. The first-order chi connectivity index (χ1) is 18.0. The summed E-state index contributed by atoms with van der Waals surface area (Å²) in [5.41, 5.74) is 0. The Hall–Kier alpha value is -4.40. The standard InChI is InChI=1S/C10H16N2O8.C10H13NO8.H3N/c13-7(14)3-11(4-8(15)16)1-2-12(5-9(17)18)6-10(19)20;12-7(13)3-11(4-8(14)15)5-9(16)18-1-2-19-10(17)6-11;/h1-6H2,(H,13,14)(H,15,16)(H,17,18)(H,19,20);1-6H2,(H-,12,13,14,15);1H3/p+1. The zero-order valence-electron chi connectivity index (χ0n) is 21.3. The molecule has 1 fully saturated rings. The first-order valence-corrected chi connectivity index (χ1v) is 11.0. The second kappa shape index (κ2) is 18.8. The molecule has 1 heterocycles. The van der Waals surface area contributed by atoms with E-state index in [1.54, 1.807) is 0 Å². The number of carboxylic acid groups (broad SMARTS) is 6. The van der Waals surface area contributed by atoms with Gasteiger partial charge in [-0.1, -0.05) is 0 Å². The minimum atomic E-state index is -1.32. The van der Waals surface area contributed by atoms with Crippen LogP contribution in [0.25, 0.3) is 0 Å². The summed E-state index contributed by atoms with van der Waals surface area (Å²) in [6.07, 6.45) is 0. The van der Waals surface area contributed by atoms with E-state index in [-0.39, 0.29) is 32.5 Å². The molecule has 0 aromatic carbocycles. The predicted molar refractivity (Wildman–Crippen MR) is 125 cm³/mol. The number of aliphatic carboxylic acids is 6. The maximum Gasteiger partial charge on any atom is 0.361 e. The number of carbonyl (C=O) groups excluding carboxylic acids is 2. The van der Waals surface area contributed by atoms with Crippen LogP contribution in [0.1, 0.15) is 0 Å². The predicted octanol–water partition coefficient (Wildman–Crippen LogP) is -3.84. The number of cyclic esters (lactones) is 2. The molecular formula is C20H33N4O16+. The van der Waals surface area contributed by atoms with Gasteiger partial charge < -0.3 is 46.3 Å². The minimum Gasteiger partial charge on any atom is -0.480 e. The van der Waals surface area contributed by atoms with Crippen LogP contribution in [0.4, 0.5) is 0 Å². The maximum absolute atomic E-state index is 11.5. The molecule has 0 saturated carbocycles. The topological polar surface area (TPSA) is 318 Å². The third-order valence-electron chi connectivity index (χ3n) is 4.65. The average Bonchev–Trinajstić information content (AvgIpc) is 2.78. The van der Waals surface area contributed by atoms with Crippen molar-refractivity contribution in [3.63, 3.8) is 0 Å². The Morgan fingerprint density at radius 3 is 1.07 bits per heavy atom. The Kier molecular flexibility index (Phi) is 17.7. The lowest BCUT2D eigenvalue weighted by molar-refractivity contribution is -0.900. The van der Waals surface area contributed by atoms with Gasteiger partial charge in [-0.05, 0) is 0 Å². The van der Waals surface area contributed by atoms with Crippen molar-refractivity contribution in [2.24, 2.45) is 0 Å². The van der Waals surface area contributed by atoms with Crippen molar-refractivity contribution in [3.05, 3.63) is 0 Å². The molecule has 0 atom stereocenters. The van der Waals surface area contributed by atoms with Crippen molar-refractivity contribution in [3.8, 4) is 0 Å². The normalized spacial score (nSPS) is 14.6. The van der Waals surface area contributed by atoms with Crippen LogP contribution in [-0.4, -0.2) is 171 Å². The van der Waals surface area contributed by atoms with E-state index in [1.807, 2.05) is 0 Å². The second-order valence-corrected chi connectivity index (χ2v) is 8.20. The lowest BCUT2D eigenvalue weighted by atomic mass is 10.3. The molecule has 1 aliphatic rings. The Balaban J connectivity index is 0. The Labute approximate surface area is 226 Å². The van der Waals surface area contributed by atoms with Gasteiger partial charge >= 0.3 is 47.8 Å². The molecule has 0 unspecified atom stereocenters. The number of nitrogens with zero attached hydrogens (tertiary/aromatic N) is 3. The van der Waals surface area contributed by atoms with Crippen LogP contribution in [0.2, 0.25) is 0 Å². The molecule has 0 bridgehead atoms. The second-order valence-electron chi connectivity index (χ2n) is 8.20. The molecule has 0 aliphatic carbocycles. The fourth-order valence-corrected chi connectivity index (χ4v) is 3.34. The Bertz CT molecular complexity index is 833. The van der Waals surface area contributed by atoms with Crippen molar-refractivity contribution < 1.29 is 83.0 Å². The number of rotatable bonds is 15. The van der Waals surface area contributed by atoms with Gasteiger partial charge in [0.05, 0.1) is 26.2 Å². The number of hydrogen-bond acceptors (Lipinski definition) is 13. The van der Waals surface area contributed by atoms with Gasteiger partial charge in [-0.25, -0.2) is 19.2 Å². The summed E-state index contributed by atoms with van der Waals surface area (Å²) in [5.74, 6) is -9.07. The smallest absolute Gasteiger partial charge is 0.361 e. The van der Waals surface area contributed by atoms with Crippen molar-refractivity contribution >= 4 is 47.8 Å². The highest BCUT2D eigenvalue weighted by Gasteiger charge is 2.40. The molecule has 1 aliphatic heterocycles. The van der Waals surface area contributed by atoms with E-state index in [4.69, 9.17) is 40.1 Å². The summed E-state index contributed by atoms with van der Waals surface area (Å²) in [6, 6.07) is 0. The van der Waals surface area contributed by atoms with Crippen molar-refractivity contribution in [2.75, 3.05) is 78.7 Å². The molecule has 0 aromatic heterocycles. The van der Waals surface area contributed by atoms with Gasteiger partial charge in [0.2, 0.25) is 0 Å². The summed E-state index contributed by atoms with van der Waals surface area (Å²) in [6.45, 7) is -4.90. The summed E-state index contributed by atoms with van der Waals surface area (Å²) < 4.78 is 8.66. The fourth-order valence-electron chi connectivity index (χ4n) is 3.34. The zero-order chi connectivity index (χ0) is 30.2. The van der Waals surface area contributed by atoms with Gasteiger partial charge in [0.1, 0.15) is 13.2 Å². The van der Waals surface area contributed by atoms with Crippen LogP contribution in [0.15, 0.2) is 0 Å². The van der Waals surface area contributed by atoms with Crippen LogP contribution in [0.5, 0.6) is 0 Å². The molecule has 1 saturated heterocycles. The summed E-state index contributed by atoms with van der Waals surface area (Å²) in [5, 5.41) is 52.1. The van der Waals surface area contributed by atoms with E-state index < -0.39 is 105 Å². The molecule has 0 spiro atoms. The van der Waals surface area contributed by atoms with Gasteiger partial charge in [-0.2, -0.15) is 0 Å². The number of ether oxygens (including phenoxy) is 2. The summed E-state index contributed by atoms with van der Waals surface area (Å²) in [4.78, 5) is 89.0. The van der Waals surface area contributed by atoms with Crippen LogP contribution in [-0.2, 0) is 47.8 Å². The fraction of sp³-hybridized carbons (Fsp3) is 0.600. The van der Waals surface area contributed by atoms with Gasteiger partial charge in [0.15, 0.2) is 26.2 Å². The SMILES string of the molecule is N.O=C(O)CN(CCN(CC(=O)O)CC(=O)O)CC(=O)O.O=C(O)C[N+]1(CC(=O)O)CC(=O)OCCOC(=O)C1. The number of hydrogen-bond donors (Lipinski definition) is 7. The average molecular weight is 585 g/mol. The monoisotopic (exact) mass is 585 g/mol. The lowest BCUT2D eigenvalue weighted by Gasteiger charge is -2.32. The van der Waals surface area contributed by atoms with E-state index in [9.17, 15) is 38.4 Å². The molecule has 0 radical (unpaired) electrons. The first-order valence-electron chi connectivity index (χ1n) is 11.0. The summed E-state index contributed by atoms with van der Waals surface area (Å²) in [7, 11) is 0. The van der Waals surface area contributed by atoms with Gasteiger partial charge in [-0.3, -0.25) is 33.5 Å². The quantitative estimate of drug-likeness (QED) is 0.0714. The molecule has 228 valence electrons. The van der Waals surface area contributed by atoms with E-state index in [1.165, 1.54) is 0 Å². The maximum atomic E-state index is 11.5. The Morgan fingerprint density at radius 2 is 0.850 bits per heavy atom. The molecule has 1 rings (SSSR count). The van der Waals surface area contributed by atoms with Gasteiger partial charge in [0.25, 0.3) is 0 Å².